The third-order valence-corrected chi connectivity index (χ3v) is 13.3. The standard InChI is InChI=1S/C37H60O10/c1-21(38)42-24-13-16-33(8)26(45-31(24,4)5)14-17-34(9)29(33)27(43-22(2)39)28(44-23(3)40)30(34)35(10,41)19-20-37(12)36(11)18-15-25(46-36)32(6,7)47-37/h24-30,41H,13-20H2,1-12H3/t24-,25-,26+,27+,28+,29+,30+,33-,34+,35+,36+,37+/m1/s1. The molecule has 0 spiro atoms. The van der Waals surface area contributed by atoms with Gasteiger partial charge in [0, 0.05) is 38.0 Å². The molecule has 2 bridgehead atoms. The Kier molecular flexibility index (Phi) is 9.06. The molecular formula is C37H60O10. The molecular weight excluding hydrogens is 604 g/mol. The summed E-state index contributed by atoms with van der Waals surface area (Å²) in [6, 6.07) is 0. The zero-order valence-corrected chi connectivity index (χ0v) is 30.8. The molecule has 268 valence electrons. The molecule has 5 fully saturated rings. The van der Waals surface area contributed by atoms with Crippen molar-refractivity contribution in [3.05, 3.63) is 0 Å². The van der Waals surface area contributed by atoms with E-state index in [9.17, 15) is 19.5 Å². The Labute approximate surface area is 281 Å². The van der Waals surface area contributed by atoms with Crippen LogP contribution in [0.4, 0.5) is 0 Å². The first-order chi connectivity index (χ1) is 21.4. The van der Waals surface area contributed by atoms with E-state index >= 15 is 0 Å². The highest BCUT2D eigenvalue weighted by molar-refractivity contribution is 5.68. The second-order valence-electron chi connectivity index (χ2n) is 17.7. The molecule has 10 nitrogen and oxygen atoms in total. The predicted molar refractivity (Wildman–Crippen MR) is 173 cm³/mol. The van der Waals surface area contributed by atoms with E-state index in [2.05, 4.69) is 41.5 Å². The first-order valence-electron chi connectivity index (χ1n) is 17.7. The van der Waals surface area contributed by atoms with Crippen molar-refractivity contribution in [1.29, 1.82) is 0 Å². The van der Waals surface area contributed by atoms with Crippen LogP contribution in [0.1, 0.15) is 134 Å². The van der Waals surface area contributed by atoms with Gasteiger partial charge in [-0.1, -0.05) is 13.8 Å². The number of fused-ring (bicyclic) bond motifs is 5. The Morgan fingerprint density at radius 3 is 1.87 bits per heavy atom. The molecule has 3 aliphatic heterocycles. The van der Waals surface area contributed by atoms with Crippen LogP contribution in [-0.4, -0.2) is 81.5 Å². The minimum atomic E-state index is -1.33. The summed E-state index contributed by atoms with van der Waals surface area (Å²) >= 11 is 0. The van der Waals surface area contributed by atoms with Crippen molar-refractivity contribution in [2.75, 3.05) is 0 Å². The predicted octanol–water partition coefficient (Wildman–Crippen LogP) is 5.83. The van der Waals surface area contributed by atoms with Crippen LogP contribution in [0.25, 0.3) is 0 Å². The molecule has 3 heterocycles. The van der Waals surface area contributed by atoms with Crippen molar-refractivity contribution in [2.45, 2.75) is 193 Å². The Hall–Kier alpha value is -1.75. The first kappa shape index (κ1) is 36.5. The van der Waals surface area contributed by atoms with E-state index in [0.29, 0.717) is 38.5 Å². The average Bonchev–Trinajstić information content (AvgIpc) is 3.39. The molecule has 0 aromatic carbocycles. The fourth-order valence-corrected chi connectivity index (χ4v) is 11.0. The number of carbonyl (C=O) groups excluding carboxylic acids is 3. The number of esters is 3. The highest BCUT2D eigenvalue weighted by Gasteiger charge is 2.73. The Morgan fingerprint density at radius 1 is 0.723 bits per heavy atom. The van der Waals surface area contributed by atoms with Crippen molar-refractivity contribution in [2.24, 2.45) is 22.7 Å². The van der Waals surface area contributed by atoms with Gasteiger partial charge in [0.15, 0.2) is 0 Å². The summed E-state index contributed by atoms with van der Waals surface area (Å²) in [7, 11) is 0. The van der Waals surface area contributed by atoms with Gasteiger partial charge in [0.05, 0.1) is 40.2 Å². The van der Waals surface area contributed by atoms with Crippen molar-refractivity contribution in [3.8, 4) is 0 Å². The number of ether oxygens (including phenoxy) is 6. The van der Waals surface area contributed by atoms with E-state index in [0.717, 1.165) is 12.8 Å². The van der Waals surface area contributed by atoms with E-state index in [1.54, 1.807) is 0 Å². The number of rotatable bonds is 7. The van der Waals surface area contributed by atoms with E-state index in [1.165, 1.54) is 20.8 Å². The fourth-order valence-electron chi connectivity index (χ4n) is 11.0. The molecule has 2 aliphatic carbocycles. The van der Waals surface area contributed by atoms with Gasteiger partial charge in [0.1, 0.15) is 18.3 Å². The highest BCUT2D eigenvalue weighted by atomic mass is 16.6. The van der Waals surface area contributed by atoms with Crippen LogP contribution >= 0.6 is 0 Å². The summed E-state index contributed by atoms with van der Waals surface area (Å²) in [5.74, 6) is -2.20. The number of carbonyl (C=O) groups is 3. The molecule has 5 aliphatic rings. The molecule has 47 heavy (non-hydrogen) atoms. The number of hydrogen-bond donors (Lipinski definition) is 1. The van der Waals surface area contributed by atoms with Crippen molar-refractivity contribution < 1.29 is 47.9 Å². The number of aliphatic hydroxyl groups is 1. The summed E-state index contributed by atoms with van der Waals surface area (Å²) < 4.78 is 38.3. The minimum Gasteiger partial charge on any atom is -0.460 e. The highest BCUT2D eigenvalue weighted by Crippen LogP contribution is 2.68. The summed E-state index contributed by atoms with van der Waals surface area (Å²) in [6.45, 7) is 22.6. The molecule has 1 N–H and O–H groups in total. The van der Waals surface area contributed by atoms with Crippen molar-refractivity contribution >= 4 is 17.9 Å². The van der Waals surface area contributed by atoms with Gasteiger partial charge in [-0.3, -0.25) is 14.4 Å². The summed E-state index contributed by atoms with van der Waals surface area (Å²) in [6.07, 6.45) is 2.87. The minimum absolute atomic E-state index is 0.0246. The normalized spacial score (nSPS) is 46.3. The lowest BCUT2D eigenvalue weighted by atomic mass is 9.51. The van der Waals surface area contributed by atoms with Crippen molar-refractivity contribution in [3.63, 3.8) is 0 Å². The fraction of sp³-hybridized carbons (Fsp3) is 0.919. The van der Waals surface area contributed by atoms with Gasteiger partial charge < -0.3 is 33.5 Å². The van der Waals surface area contributed by atoms with Crippen LogP contribution < -0.4 is 0 Å². The van der Waals surface area contributed by atoms with Gasteiger partial charge in [0.25, 0.3) is 0 Å². The Morgan fingerprint density at radius 2 is 1.28 bits per heavy atom. The smallest absolute Gasteiger partial charge is 0.303 e. The van der Waals surface area contributed by atoms with Crippen LogP contribution in [0.5, 0.6) is 0 Å². The molecule has 0 radical (unpaired) electrons. The average molecular weight is 665 g/mol. The Balaban J connectivity index is 1.54. The van der Waals surface area contributed by atoms with Crippen LogP contribution in [0.15, 0.2) is 0 Å². The molecule has 2 saturated carbocycles. The summed E-state index contributed by atoms with van der Waals surface area (Å²) in [4.78, 5) is 37.6. The molecule has 3 saturated heterocycles. The maximum absolute atomic E-state index is 12.8. The number of hydrogen-bond acceptors (Lipinski definition) is 10. The van der Waals surface area contributed by atoms with E-state index in [1.807, 2.05) is 20.8 Å². The SMILES string of the molecule is CC(=O)O[C@H]1[C@H](OC(C)=O)[C@H]([C@@](C)(O)CC[C@]2(C)OC(C)(C)[C@H]3CC[C@]2(C)O3)[C@@]2(C)CC[C@@H]3OC(C)(C)[C@H](OC(C)=O)CC[C@@]3(C)[C@H]12. The molecule has 0 amide bonds. The zero-order chi connectivity index (χ0) is 35.2. The molecule has 5 rings (SSSR count). The third-order valence-electron chi connectivity index (χ3n) is 13.3. The van der Waals surface area contributed by atoms with E-state index in [-0.39, 0.29) is 24.1 Å². The van der Waals surface area contributed by atoms with Gasteiger partial charge in [-0.05, 0) is 105 Å². The summed E-state index contributed by atoms with van der Waals surface area (Å²) in [5.41, 5.74) is -4.84. The zero-order valence-electron chi connectivity index (χ0n) is 30.8. The first-order valence-corrected chi connectivity index (χ1v) is 17.7. The molecule has 0 unspecified atom stereocenters. The van der Waals surface area contributed by atoms with Crippen LogP contribution in [0, 0.1) is 22.7 Å². The topological polar surface area (TPSA) is 127 Å². The maximum atomic E-state index is 12.8. The van der Waals surface area contributed by atoms with Gasteiger partial charge >= 0.3 is 17.9 Å². The maximum Gasteiger partial charge on any atom is 0.303 e. The largest absolute Gasteiger partial charge is 0.460 e. The van der Waals surface area contributed by atoms with Gasteiger partial charge in [-0.2, -0.15) is 0 Å². The van der Waals surface area contributed by atoms with E-state index in [4.69, 9.17) is 28.4 Å². The Bertz CT molecular complexity index is 1260. The second kappa shape index (κ2) is 11.7. The molecule has 0 aromatic rings. The molecule has 0 aromatic heterocycles. The van der Waals surface area contributed by atoms with Gasteiger partial charge in [0.2, 0.25) is 0 Å². The monoisotopic (exact) mass is 664 g/mol. The van der Waals surface area contributed by atoms with Crippen LogP contribution in [0.3, 0.4) is 0 Å². The summed E-state index contributed by atoms with van der Waals surface area (Å²) in [5, 5.41) is 12.7. The van der Waals surface area contributed by atoms with Gasteiger partial charge in [-0.25, -0.2) is 0 Å². The van der Waals surface area contributed by atoms with Gasteiger partial charge in [-0.15, -0.1) is 0 Å². The molecule has 10 heteroatoms. The third kappa shape index (κ3) is 6.05. The lowest BCUT2D eigenvalue weighted by Crippen LogP contribution is -2.63. The van der Waals surface area contributed by atoms with E-state index < -0.39 is 75.0 Å². The van der Waals surface area contributed by atoms with Crippen molar-refractivity contribution in [1.82, 2.24) is 0 Å². The van der Waals surface area contributed by atoms with Crippen LogP contribution in [0.2, 0.25) is 0 Å². The second-order valence-corrected chi connectivity index (χ2v) is 17.7. The lowest BCUT2D eigenvalue weighted by molar-refractivity contribution is -0.313. The quantitative estimate of drug-likeness (QED) is 0.263. The lowest BCUT2D eigenvalue weighted by Gasteiger charge is -2.57. The molecule has 12 atom stereocenters. The van der Waals surface area contributed by atoms with Crippen LogP contribution in [-0.2, 0) is 42.8 Å².